The summed E-state index contributed by atoms with van der Waals surface area (Å²) in [7, 11) is 0. The van der Waals surface area contributed by atoms with Crippen molar-refractivity contribution in [2.75, 3.05) is 31.1 Å². The molecule has 2 saturated heterocycles. The summed E-state index contributed by atoms with van der Waals surface area (Å²) in [5.41, 5.74) is -0.236. The fourth-order valence-electron chi connectivity index (χ4n) is 3.91. The Balaban J connectivity index is 1.56. The predicted molar refractivity (Wildman–Crippen MR) is 99.0 cm³/mol. The van der Waals surface area contributed by atoms with Gasteiger partial charge >= 0.3 is 0 Å². The van der Waals surface area contributed by atoms with Gasteiger partial charge in [-0.25, -0.2) is 8.78 Å². The Morgan fingerprint density at radius 2 is 1.86 bits per heavy atom. The number of para-hydroxylation sites is 1. The molecule has 1 unspecified atom stereocenters. The minimum absolute atomic E-state index is 0.0781. The van der Waals surface area contributed by atoms with Gasteiger partial charge in [-0.15, -0.1) is 0 Å². The molecule has 1 spiro atoms. The third-order valence-corrected chi connectivity index (χ3v) is 5.30. The molecule has 0 aromatic heterocycles. The number of hydrogen-bond donors (Lipinski definition) is 0. The van der Waals surface area contributed by atoms with Gasteiger partial charge in [-0.1, -0.05) is 18.2 Å². The summed E-state index contributed by atoms with van der Waals surface area (Å²) < 4.78 is 33.4. The number of anilines is 1. The minimum Gasteiger partial charge on any atom is -0.361 e. The average molecular weight is 386 g/mol. The van der Waals surface area contributed by atoms with Crippen LogP contribution in [0.2, 0.25) is 0 Å². The Labute approximate surface area is 161 Å². The largest absolute Gasteiger partial charge is 0.361 e. The Morgan fingerprint density at radius 1 is 1.07 bits per heavy atom. The van der Waals surface area contributed by atoms with Crippen LogP contribution in [0.15, 0.2) is 48.5 Å². The van der Waals surface area contributed by atoms with Crippen LogP contribution in [0.3, 0.4) is 0 Å². The number of morpholine rings is 1. The number of benzene rings is 2. The molecular weight excluding hydrogens is 366 g/mol. The van der Waals surface area contributed by atoms with Crippen molar-refractivity contribution in [1.82, 2.24) is 4.90 Å². The first-order chi connectivity index (χ1) is 13.5. The number of halogens is 2. The standard InChI is InChI=1S/C21H20F2N2O3/c22-15-7-8-18(23)17(11-15)20(27)24-10-4-9-21(13-24)14-25(19(26)12-28-21)16-5-2-1-3-6-16/h1-3,5-8,11H,4,9-10,12-14H2. The highest BCUT2D eigenvalue weighted by Gasteiger charge is 2.44. The fraction of sp³-hybridized carbons (Fsp3) is 0.333. The van der Waals surface area contributed by atoms with E-state index in [-0.39, 0.29) is 24.6 Å². The summed E-state index contributed by atoms with van der Waals surface area (Å²) in [6.45, 7) is 0.883. The van der Waals surface area contributed by atoms with Crippen LogP contribution in [-0.4, -0.2) is 48.6 Å². The highest BCUT2D eigenvalue weighted by Crippen LogP contribution is 2.32. The van der Waals surface area contributed by atoms with Crippen molar-refractivity contribution in [3.05, 3.63) is 65.7 Å². The third kappa shape index (κ3) is 3.49. The van der Waals surface area contributed by atoms with Crippen LogP contribution in [0.25, 0.3) is 0 Å². The molecule has 2 aliphatic heterocycles. The minimum atomic E-state index is -0.753. The van der Waals surface area contributed by atoms with Gasteiger partial charge in [0.05, 0.1) is 18.7 Å². The van der Waals surface area contributed by atoms with Crippen molar-refractivity contribution < 1.29 is 23.1 Å². The van der Waals surface area contributed by atoms with E-state index in [1.165, 1.54) is 4.90 Å². The number of nitrogens with zero attached hydrogens (tertiary/aromatic N) is 2. The van der Waals surface area contributed by atoms with Crippen LogP contribution in [0.1, 0.15) is 23.2 Å². The van der Waals surface area contributed by atoms with Crippen molar-refractivity contribution in [2.24, 2.45) is 0 Å². The lowest BCUT2D eigenvalue weighted by atomic mass is 9.90. The first-order valence-corrected chi connectivity index (χ1v) is 9.21. The third-order valence-electron chi connectivity index (χ3n) is 5.30. The molecule has 2 aromatic rings. The molecule has 0 aliphatic carbocycles. The Morgan fingerprint density at radius 3 is 2.64 bits per heavy atom. The maximum absolute atomic E-state index is 14.0. The molecule has 1 atom stereocenters. The van der Waals surface area contributed by atoms with Gasteiger partial charge in [-0.3, -0.25) is 9.59 Å². The lowest BCUT2D eigenvalue weighted by Gasteiger charge is -2.47. The molecule has 7 heteroatoms. The molecule has 0 saturated carbocycles. The van der Waals surface area contributed by atoms with E-state index in [0.717, 1.165) is 23.9 Å². The SMILES string of the molecule is O=C(c1cc(F)ccc1F)N1CCCC2(C1)CN(c1ccccc1)C(=O)CO2. The topological polar surface area (TPSA) is 49.9 Å². The monoisotopic (exact) mass is 386 g/mol. The van der Waals surface area contributed by atoms with E-state index in [4.69, 9.17) is 4.74 Å². The zero-order valence-electron chi connectivity index (χ0n) is 15.2. The van der Waals surface area contributed by atoms with E-state index in [9.17, 15) is 18.4 Å². The summed E-state index contributed by atoms with van der Waals surface area (Å²) in [4.78, 5) is 28.3. The van der Waals surface area contributed by atoms with Gasteiger partial charge in [-0.05, 0) is 43.2 Å². The highest BCUT2D eigenvalue weighted by atomic mass is 19.1. The number of rotatable bonds is 2. The summed E-state index contributed by atoms with van der Waals surface area (Å²) in [6.07, 6.45) is 1.33. The lowest BCUT2D eigenvalue weighted by Crippen LogP contribution is -2.62. The maximum atomic E-state index is 14.0. The van der Waals surface area contributed by atoms with E-state index in [0.29, 0.717) is 25.9 Å². The lowest BCUT2D eigenvalue weighted by molar-refractivity contribution is -0.144. The normalized spacial score (nSPS) is 22.6. The van der Waals surface area contributed by atoms with Crippen molar-refractivity contribution in [3.8, 4) is 0 Å². The van der Waals surface area contributed by atoms with Gasteiger partial charge in [0, 0.05) is 12.2 Å². The first-order valence-electron chi connectivity index (χ1n) is 9.21. The quantitative estimate of drug-likeness (QED) is 0.797. The van der Waals surface area contributed by atoms with Gasteiger partial charge in [-0.2, -0.15) is 0 Å². The Bertz CT molecular complexity index is 906. The molecule has 2 fully saturated rings. The van der Waals surface area contributed by atoms with Crippen LogP contribution in [-0.2, 0) is 9.53 Å². The van der Waals surface area contributed by atoms with Crippen molar-refractivity contribution >= 4 is 17.5 Å². The summed E-state index contributed by atoms with van der Waals surface area (Å²) in [5.74, 6) is -2.12. The van der Waals surface area contributed by atoms with E-state index < -0.39 is 23.1 Å². The van der Waals surface area contributed by atoms with Gasteiger partial charge in [0.1, 0.15) is 23.8 Å². The molecular formula is C21H20F2N2O3. The second-order valence-electron chi connectivity index (χ2n) is 7.24. The van der Waals surface area contributed by atoms with Crippen LogP contribution in [0, 0.1) is 11.6 Å². The Kier molecular flexibility index (Phi) is 4.85. The molecule has 0 bridgehead atoms. The Hall–Kier alpha value is -2.80. The molecule has 4 rings (SSSR count). The van der Waals surface area contributed by atoms with E-state index in [1.807, 2.05) is 30.3 Å². The zero-order valence-corrected chi connectivity index (χ0v) is 15.2. The fourth-order valence-corrected chi connectivity index (χ4v) is 3.91. The van der Waals surface area contributed by atoms with Crippen LogP contribution >= 0.6 is 0 Å². The van der Waals surface area contributed by atoms with E-state index in [2.05, 4.69) is 0 Å². The first kappa shape index (κ1) is 18.6. The molecule has 2 amide bonds. The zero-order chi connectivity index (χ0) is 19.7. The van der Waals surface area contributed by atoms with Gasteiger partial charge in [0.2, 0.25) is 0 Å². The molecule has 146 valence electrons. The van der Waals surface area contributed by atoms with E-state index in [1.54, 1.807) is 4.90 Å². The second-order valence-corrected chi connectivity index (χ2v) is 7.24. The molecule has 5 nitrogen and oxygen atoms in total. The van der Waals surface area contributed by atoms with Gasteiger partial charge in [0.15, 0.2) is 0 Å². The molecule has 2 aliphatic rings. The van der Waals surface area contributed by atoms with Crippen LogP contribution < -0.4 is 4.90 Å². The van der Waals surface area contributed by atoms with Crippen LogP contribution in [0.5, 0.6) is 0 Å². The molecule has 28 heavy (non-hydrogen) atoms. The summed E-state index contributed by atoms with van der Waals surface area (Å²) in [6, 6.07) is 12.1. The van der Waals surface area contributed by atoms with Gasteiger partial charge < -0.3 is 14.5 Å². The highest BCUT2D eigenvalue weighted by molar-refractivity contribution is 5.96. The number of amides is 2. The number of carbonyl (C=O) groups excluding carboxylic acids is 2. The van der Waals surface area contributed by atoms with E-state index >= 15 is 0 Å². The smallest absolute Gasteiger partial charge is 0.257 e. The molecule has 0 N–H and O–H groups in total. The molecule has 2 aromatic carbocycles. The average Bonchev–Trinajstić information content (AvgIpc) is 2.72. The number of ether oxygens (including phenoxy) is 1. The molecule has 0 radical (unpaired) electrons. The molecule has 2 heterocycles. The van der Waals surface area contributed by atoms with Crippen molar-refractivity contribution in [1.29, 1.82) is 0 Å². The number of carbonyl (C=O) groups is 2. The number of hydrogen-bond acceptors (Lipinski definition) is 3. The summed E-state index contributed by atoms with van der Waals surface area (Å²) >= 11 is 0. The number of likely N-dealkylation sites (tertiary alicyclic amines) is 1. The van der Waals surface area contributed by atoms with Crippen molar-refractivity contribution in [3.63, 3.8) is 0 Å². The summed E-state index contributed by atoms with van der Waals surface area (Å²) in [5, 5.41) is 0. The second kappa shape index (κ2) is 7.31. The number of piperidine rings is 1. The van der Waals surface area contributed by atoms with Gasteiger partial charge in [0.25, 0.3) is 11.8 Å². The van der Waals surface area contributed by atoms with Crippen LogP contribution in [0.4, 0.5) is 14.5 Å². The van der Waals surface area contributed by atoms with Crippen molar-refractivity contribution in [2.45, 2.75) is 18.4 Å². The maximum Gasteiger partial charge on any atom is 0.257 e. The predicted octanol–water partition coefficient (Wildman–Crippen LogP) is 3.00.